The third kappa shape index (κ3) is 3.08. The van der Waals surface area contributed by atoms with Crippen LogP contribution < -0.4 is 9.88 Å². The monoisotopic (exact) mass is 331 g/mol. The van der Waals surface area contributed by atoms with Crippen LogP contribution >= 0.6 is 0 Å². The van der Waals surface area contributed by atoms with E-state index in [1.54, 1.807) is 25.3 Å². The maximum absolute atomic E-state index is 11.3. The molecule has 0 spiro atoms. The second-order valence-corrected chi connectivity index (χ2v) is 6.25. The summed E-state index contributed by atoms with van der Waals surface area (Å²) >= 11 is 0. The predicted octanol–water partition coefficient (Wildman–Crippen LogP) is 2.06. The summed E-state index contributed by atoms with van der Waals surface area (Å²) in [6.45, 7) is 0. The van der Waals surface area contributed by atoms with E-state index in [2.05, 4.69) is 10.1 Å². The van der Waals surface area contributed by atoms with Crippen LogP contribution in [0.25, 0.3) is 22.8 Å². The Morgan fingerprint density at radius 1 is 1.09 bits per heavy atom. The van der Waals surface area contributed by atoms with E-state index >= 15 is 0 Å². The molecule has 118 valence electrons. The first-order valence-electron chi connectivity index (χ1n) is 6.59. The maximum atomic E-state index is 11.3. The summed E-state index contributed by atoms with van der Waals surface area (Å²) in [5.41, 5.74) is 1.29. The van der Waals surface area contributed by atoms with Crippen LogP contribution in [-0.4, -0.2) is 25.7 Å². The van der Waals surface area contributed by atoms with Crippen LogP contribution in [0.2, 0.25) is 0 Å². The molecule has 8 heteroatoms. The molecule has 0 aliphatic carbocycles. The number of ether oxygens (including phenoxy) is 1. The van der Waals surface area contributed by atoms with Crippen molar-refractivity contribution >= 4 is 10.0 Å². The maximum Gasteiger partial charge on any atom is 0.258 e. The summed E-state index contributed by atoms with van der Waals surface area (Å²) in [6, 6.07) is 13.2. The average molecular weight is 331 g/mol. The molecule has 0 saturated carbocycles. The molecule has 23 heavy (non-hydrogen) atoms. The molecule has 0 fully saturated rings. The summed E-state index contributed by atoms with van der Waals surface area (Å²) in [5.74, 6) is 1.28. The highest BCUT2D eigenvalue weighted by atomic mass is 32.2. The summed E-state index contributed by atoms with van der Waals surface area (Å²) < 4.78 is 33.0. The van der Waals surface area contributed by atoms with E-state index in [9.17, 15) is 8.42 Å². The Kier molecular flexibility index (Phi) is 3.85. The molecule has 0 atom stereocenters. The first-order valence-corrected chi connectivity index (χ1v) is 8.14. The summed E-state index contributed by atoms with van der Waals surface area (Å²) in [4.78, 5) is 4.33. The third-order valence-electron chi connectivity index (χ3n) is 3.20. The van der Waals surface area contributed by atoms with Crippen LogP contribution in [0, 0.1) is 0 Å². The zero-order valence-corrected chi connectivity index (χ0v) is 12.9. The molecule has 0 bridgehead atoms. The molecule has 0 radical (unpaired) electrons. The molecular formula is C15H13N3O4S. The quantitative estimate of drug-likeness (QED) is 0.784. The number of methoxy groups -OCH3 is 1. The number of hydrogen-bond donors (Lipinski definition) is 1. The number of sulfonamides is 1. The Morgan fingerprint density at radius 2 is 1.78 bits per heavy atom. The average Bonchev–Trinajstić information content (AvgIpc) is 3.04. The van der Waals surface area contributed by atoms with Crippen molar-refractivity contribution in [2.75, 3.05) is 7.11 Å². The van der Waals surface area contributed by atoms with Gasteiger partial charge in [-0.2, -0.15) is 4.98 Å². The van der Waals surface area contributed by atoms with Crippen molar-refractivity contribution in [1.29, 1.82) is 0 Å². The number of aromatic nitrogens is 2. The van der Waals surface area contributed by atoms with Crippen LogP contribution in [0.1, 0.15) is 0 Å². The number of nitrogens with zero attached hydrogens (tertiary/aromatic N) is 2. The van der Waals surface area contributed by atoms with Gasteiger partial charge in [0.15, 0.2) is 0 Å². The molecule has 1 heterocycles. The lowest BCUT2D eigenvalue weighted by Gasteiger charge is -2.03. The molecule has 7 nitrogen and oxygen atoms in total. The van der Waals surface area contributed by atoms with Gasteiger partial charge in [0.25, 0.3) is 5.89 Å². The molecule has 0 aliphatic rings. The van der Waals surface area contributed by atoms with Gasteiger partial charge < -0.3 is 9.26 Å². The van der Waals surface area contributed by atoms with Crippen molar-refractivity contribution < 1.29 is 17.7 Å². The van der Waals surface area contributed by atoms with Crippen molar-refractivity contribution in [3.63, 3.8) is 0 Å². The van der Waals surface area contributed by atoms with E-state index in [4.69, 9.17) is 14.4 Å². The Morgan fingerprint density at radius 3 is 2.43 bits per heavy atom. The Bertz CT molecular complexity index is 933. The van der Waals surface area contributed by atoms with Gasteiger partial charge in [0.1, 0.15) is 5.75 Å². The first-order chi connectivity index (χ1) is 11.0. The standard InChI is InChI=1S/C15H13N3O4S/c1-21-13-5-3-2-4-12(13)14-17-15(22-18-14)10-6-8-11(9-7-10)23(16,19)20/h2-9H,1H3,(H2,16,19,20). The Hall–Kier alpha value is -2.71. The SMILES string of the molecule is COc1ccccc1-c1noc(-c2ccc(S(N)(=O)=O)cc2)n1. The van der Waals surface area contributed by atoms with Crippen molar-refractivity contribution in [3.8, 4) is 28.6 Å². The van der Waals surface area contributed by atoms with E-state index in [1.165, 1.54) is 12.1 Å². The van der Waals surface area contributed by atoms with E-state index in [0.717, 1.165) is 0 Å². The molecule has 1 aromatic heterocycles. The lowest BCUT2D eigenvalue weighted by atomic mass is 10.2. The second kappa shape index (κ2) is 5.82. The fourth-order valence-corrected chi connectivity index (χ4v) is 2.58. The van der Waals surface area contributed by atoms with Gasteiger partial charge in [0.2, 0.25) is 15.8 Å². The molecule has 3 rings (SSSR count). The normalized spacial score (nSPS) is 11.4. The van der Waals surface area contributed by atoms with Crippen molar-refractivity contribution in [1.82, 2.24) is 10.1 Å². The van der Waals surface area contributed by atoms with Gasteiger partial charge in [-0.05, 0) is 36.4 Å². The van der Waals surface area contributed by atoms with Crippen LogP contribution in [0.3, 0.4) is 0 Å². The molecule has 0 amide bonds. The van der Waals surface area contributed by atoms with Crippen LogP contribution in [0.15, 0.2) is 57.9 Å². The summed E-state index contributed by atoms with van der Waals surface area (Å²) in [7, 11) is -2.17. The Labute approximate surface area is 132 Å². The number of benzene rings is 2. The molecule has 2 N–H and O–H groups in total. The van der Waals surface area contributed by atoms with Gasteiger partial charge in [-0.1, -0.05) is 17.3 Å². The fraction of sp³-hybridized carbons (Fsp3) is 0.0667. The summed E-state index contributed by atoms with van der Waals surface area (Å²) in [6.07, 6.45) is 0. The minimum atomic E-state index is -3.73. The lowest BCUT2D eigenvalue weighted by molar-refractivity contribution is 0.413. The van der Waals surface area contributed by atoms with Gasteiger partial charge in [0.05, 0.1) is 17.6 Å². The van der Waals surface area contributed by atoms with Gasteiger partial charge in [-0.3, -0.25) is 0 Å². The van der Waals surface area contributed by atoms with Gasteiger partial charge >= 0.3 is 0 Å². The number of rotatable bonds is 4. The minimum absolute atomic E-state index is 0.0192. The first kappa shape index (κ1) is 15.2. The van der Waals surface area contributed by atoms with Gasteiger partial charge in [-0.25, -0.2) is 13.6 Å². The number of hydrogen-bond acceptors (Lipinski definition) is 6. The summed E-state index contributed by atoms with van der Waals surface area (Å²) in [5, 5.41) is 9.00. The third-order valence-corrected chi connectivity index (χ3v) is 4.13. The highest BCUT2D eigenvalue weighted by Gasteiger charge is 2.15. The number of para-hydroxylation sites is 1. The molecular weight excluding hydrogens is 318 g/mol. The van der Waals surface area contributed by atoms with Gasteiger partial charge in [-0.15, -0.1) is 0 Å². The largest absolute Gasteiger partial charge is 0.496 e. The van der Waals surface area contributed by atoms with Crippen LogP contribution in [0.4, 0.5) is 0 Å². The van der Waals surface area contributed by atoms with Crippen LogP contribution in [-0.2, 0) is 10.0 Å². The molecule has 0 saturated heterocycles. The van der Waals surface area contributed by atoms with E-state index < -0.39 is 10.0 Å². The van der Waals surface area contributed by atoms with Gasteiger partial charge in [0, 0.05) is 5.56 Å². The second-order valence-electron chi connectivity index (χ2n) is 4.69. The van der Waals surface area contributed by atoms with E-state index in [0.29, 0.717) is 22.7 Å². The molecule has 2 aromatic carbocycles. The molecule has 0 aliphatic heterocycles. The molecule has 0 unspecified atom stereocenters. The van der Waals surface area contributed by atoms with E-state index in [1.807, 2.05) is 18.2 Å². The highest BCUT2D eigenvalue weighted by Crippen LogP contribution is 2.29. The minimum Gasteiger partial charge on any atom is -0.496 e. The van der Waals surface area contributed by atoms with E-state index in [-0.39, 0.29) is 10.8 Å². The number of nitrogens with two attached hydrogens (primary N) is 1. The zero-order chi connectivity index (χ0) is 16.4. The predicted molar refractivity (Wildman–Crippen MR) is 83.1 cm³/mol. The molecule has 3 aromatic rings. The topological polar surface area (TPSA) is 108 Å². The van der Waals surface area contributed by atoms with Crippen molar-refractivity contribution in [3.05, 3.63) is 48.5 Å². The number of primary sulfonamides is 1. The highest BCUT2D eigenvalue weighted by molar-refractivity contribution is 7.89. The van der Waals surface area contributed by atoms with Crippen molar-refractivity contribution in [2.45, 2.75) is 4.90 Å². The lowest BCUT2D eigenvalue weighted by Crippen LogP contribution is -2.11. The van der Waals surface area contributed by atoms with Crippen LogP contribution in [0.5, 0.6) is 5.75 Å². The Balaban J connectivity index is 1.96. The fourth-order valence-electron chi connectivity index (χ4n) is 2.07. The smallest absolute Gasteiger partial charge is 0.258 e. The zero-order valence-electron chi connectivity index (χ0n) is 12.1. The van der Waals surface area contributed by atoms with Crippen molar-refractivity contribution in [2.24, 2.45) is 5.14 Å².